The Morgan fingerprint density at radius 1 is 1.12 bits per heavy atom. The molecule has 0 radical (unpaired) electrons. The minimum atomic E-state index is -0.0118. The smallest absolute Gasteiger partial charge is 0.266 e. The predicted molar refractivity (Wildman–Crippen MR) is 112 cm³/mol. The number of hydrogen-bond acceptors (Lipinski definition) is 4. The van der Waals surface area contributed by atoms with Gasteiger partial charge in [-0.3, -0.25) is 9.69 Å². The van der Waals surface area contributed by atoms with E-state index in [1.165, 1.54) is 17.3 Å². The lowest BCUT2D eigenvalue weighted by Gasteiger charge is -2.14. The van der Waals surface area contributed by atoms with E-state index < -0.39 is 0 Å². The zero-order chi connectivity index (χ0) is 18.4. The SMILES string of the molecule is CCCOc1ccc(C=C2SC(=S)N(CCc3ccccc3)C2=O)cc1. The molecule has 1 amide bonds. The molecule has 0 aliphatic carbocycles. The number of carbonyl (C=O) groups is 1. The lowest BCUT2D eigenvalue weighted by atomic mass is 10.1. The van der Waals surface area contributed by atoms with Gasteiger partial charge < -0.3 is 4.74 Å². The van der Waals surface area contributed by atoms with E-state index in [-0.39, 0.29) is 5.91 Å². The van der Waals surface area contributed by atoms with Crippen molar-refractivity contribution >= 4 is 40.3 Å². The molecule has 0 aromatic heterocycles. The second-order valence-electron chi connectivity index (χ2n) is 5.99. The van der Waals surface area contributed by atoms with Crippen LogP contribution in [0, 0.1) is 0 Å². The van der Waals surface area contributed by atoms with Gasteiger partial charge in [0.25, 0.3) is 5.91 Å². The molecule has 1 saturated heterocycles. The highest BCUT2D eigenvalue weighted by Gasteiger charge is 2.31. The first-order valence-corrected chi connectivity index (χ1v) is 9.92. The third kappa shape index (κ3) is 4.74. The van der Waals surface area contributed by atoms with Gasteiger partial charge in [0.2, 0.25) is 0 Å². The summed E-state index contributed by atoms with van der Waals surface area (Å²) in [4.78, 5) is 15.0. The van der Waals surface area contributed by atoms with Crippen molar-refractivity contribution in [1.82, 2.24) is 4.90 Å². The molecule has 0 atom stereocenters. The van der Waals surface area contributed by atoms with Gasteiger partial charge in [-0.1, -0.05) is 73.4 Å². The molecule has 0 bridgehead atoms. The van der Waals surface area contributed by atoms with E-state index in [0.29, 0.717) is 22.4 Å². The van der Waals surface area contributed by atoms with Crippen LogP contribution in [0.25, 0.3) is 6.08 Å². The zero-order valence-electron chi connectivity index (χ0n) is 14.7. The number of ether oxygens (including phenoxy) is 1. The fourth-order valence-corrected chi connectivity index (χ4v) is 3.92. The van der Waals surface area contributed by atoms with Crippen molar-refractivity contribution in [2.45, 2.75) is 19.8 Å². The van der Waals surface area contributed by atoms with E-state index in [2.05, 4.69) is 19.1 Å². The molecule has 2 aromatic carbocycles. The highest BCUT2D eigenvalue weighted by molar-refractivity contribution is 8.26. The number of rotatable bonds is 7. The number of thiocarbonyl (C=S) groups is 1. The van der Waals surface area contributed by atoms with Crippen LogP contribution in [0.1, 0.15) is 24.5 Å². The van der Waals surface area contributed by atoms with Crippen LogP contribution in [0.2, 0.25) is 0 Å². The standard InChI is InChI=1S/C21H21NO2S2/c1-2-14-24-18-10-8-17(9-11-18)15-19-20(23)22(21(25)26-19)13-12-16-6-4-3-5-7-16/h3-11,15H,2,12-14H2,1H3. The van der Waals surface area contributed by atoms with Gasteiger partial charge in [0.1, 0.15) is 10.1 Å². The number of amides is 1. The average molecular weight is 384 g/mol. The minimum Gasteiger partial charge on any atom is -0.494 e. The molecule has 1 fully saturated rings. The number of carbonyl (C=O) groups excluding carboxylic acids is 1. The van der Waals surface area contributed by atoms with Gasteiger partial charge in [0, 0.05) is 6.54 Å². The molecule has 1 heterocycles. The van der Waals surface area contributed by atoms with Crippen molar-refractivity contribution in [2.24, 2.45) is 0 Å². The van der Waals surface area contributed by atoms with E-state index in [1.54, 1.807) is 4.90 Å². The van der Waals surface area contributed by atoms with Gasteiger partial charge >= 0.3 is 0 Å². The number of thioether (sulfide) groups is 1. The summed E-state index contributed by atoms with van der Waals surface area (Å²) >= 11 is 6.77. The Morgan fingerprint density at radius 3 is 2.54 bits per heavy atom. The molecule has 3 nitrogen and oxygen atoms in total. The normalized spacial score (nSPS) is 15.7. The lowest BCUT2D eigenvalue weighted by Crippen LogP contribution is -2.30. The van der Waals surface area contributed by atoms with Crippen LogP contribution >= 0.6 is 24.0 Å². The maximum absolute atomic E-state index is 12.7. The summed E-state index contributed by atoms with van der Waals surface area (Å²) in [6.07, 6.45) is 3.67. The summed E-state index contributed by atoms with van der Waals surface area (Å²) in [6, 6.07) is 17.9. The molecule has 3 rings (SSSR count). The Labute approximate surface area is 164 Å². The Hall–Kier alpha value is -2.11. The number of benzene rings is 2. The fourth-order valence-electron chi connectivity index (χ4n) is 2.61. The Balaban J connectivity index is 1.65. The van der Waals surface area contributed by atoms with E-state index in [0.717, 1.165) is 24.2 Å². The van der Waals surface area contributed by atoms with Crippen molar-refractivity contribution < 1.29 is 9.53 Å². The van der Waals surface area contributed by atoms with Crippen molar-refractivity contribution in [3.8, 4) is 5.75 Å². The van der Waals surface area contributed by atoms with E-state index in [1.807, 2.05) is 48.5 Å². The van der Waals surface area contributed by atoms with Crippen molar-refractivity contribution in [3.05, 3.63) is 70.6 Å². The molecule has 1 aliphatic rings. The predicted octanol–water partition coefficient (Wildman–Crippen LogP) is 4.92. The van der Waals surface area contributed by atoms with Crippen LogP contribution < -0.4 is 4.74 Å². The molecular weight excluding hydrogens is 362 g/mol. The molecule has 0 unspecified atom stereocenters. The maximum atomic E-state index is 12.7. The number of hydrogen-bond donors (Lipinski definition) is 0. The summed E-state index contributed by atoms with van der Waals surface area (Å²) in [5.41, 5.74) is 2.17. The topological polar surface area (TPSA) is 29.5 Å². The maximum Gasteiger partial charge on any atom is 0.266 e. The van der Waals surface area contributed by atoms with Crippen LogP contribution in [-0.2, 0) is 11.2 Å². The molecule has 26 heavy (non-hydrogen) atoms. The number of nitrogens with zero attached hydrogens (tertiary/aromatic N) is 1. The fraction of sp³-hybridized carbons (Fsp3) is 0.238. The first kappa shape index (κ1) is 18.7. The van der Waals surface area contributed by atoms with Crippen molar-refractivity contribution in [2.75, 3.05) is 13.2 Å². The Kier molecular flexibility index (Phi) is 6.47. The minimum absolute atomic E-state index is 0.0118. The Bertz CT molecular complexity index is 801. The highest BCUT2D eigenvalue weighted by Crippen LogP contribution is 2.32. The van der Waals surface area contributed by atoms with Gasteiger partial charge in [-0.15, -0.1) is 0 Å². The van der Waals surface area contributed by atoms with Gasteiger partial charge in [-0.25, -0.2) is 0 Å². The molecule has 1 aliphatic heterocycles. The van der Waals surface area contributed by atoms with E-state index in [4.69, 9.17) is 17.0 Å². The molecule has 5 heteroatoms. The van der Waals surface area contributed by atoms with Crippen LogP contribution in [0.5, 0.6) is 5.75 Å². The quantitative estimate of drug-likeness (QED) is 0.501. The molecule has 0 saturated carbocycles. The summed E-state index contributed by atoms with van der Waals surface area (Å²) in [6.45, 7) is 3.39. The molecule has 134 valence electrons. The monoisotopic (exact) mass is 383 g/mol. The zero-order valence-corrected chi connectivity index (χ0v) is 16.3. The van der Waals surface area contributed by atoms with Gasteiger partial charge in [-0.2, -0.15) is 0 Å². The van der Waals surface area contributed by atoms with Gasteiger partial charge in [0.05, 0.1) is 11.5 Å². The van der Waals surface area contributed by atoms with Crippen LogP contribution in [0.4, 0.5) is 0 Å². The van der Waals surface area contributed by atoms with Crippen LogP contribution in [0.3, 0.4) is 0 Å². The summed E-state index contributed by atoms with van der Waals surface area (Å²) in [7, 11) is 0. The second kappa shape index (κ2) is 9.01. The van der Waals surface area contributed by atoms with Gasteiger partial charge in [-0.05, 0) is 42.2 Å². The van der Waals surface area contributed by atoms with Crippen molar-refractivity contribution in [1.29, 1.82) is 0 Å². The van der Waals surface area contributed by atoms with E-state index in [9.17, 15) is 4.79 Å². The average Bonchev–Trinajstić information content (AvgIpc) is 2.93. The van der Waals surface area contributed by atoms with Gasteiger partial charge in [0.15, 0.2) is 0 Å². The summed E-state index contributed by atoms with van der Waals surface area (Å²) in [5.74, 6) is 0.835. The molecule has 2 aromatic rings. The molecular formula is C21H21NO2S2. The largest absolute Gasteiger partial charge is 0.494 e. The molecule has 0 spiro atoms. The van der Waals surface area contributed by atoms with Crippen molar-refractivity contribution in [3.63, 3.8) is 0 Å². The first-order valence-electron chi connectivity index (χ1n) is 8.69. The highest BCUT2D eigenvalue weighted by atomic mass is 32.2. The Morgan fingerprint density at radius 2 is 1.85 bits per heavy atom. The lowest BCUT2D eigenvalue weighted by molar-refractivity contribution is -0.122. The second-order valence-corrected chi connectivity index (χ2v) is 7.66. The first-order chi connectivity index (χ1) is 12.7. The third-order valence-electron chi connectivity index (χ3n) is 3.99. The van der Waals surface area contributed by atoms with Crippen LogP contribution in [0.15, 0.2) is 59.5 Å². The molecule has 0 N–H and O–H groups in total. The third-order valence-corrected chi connectivity index (χ3v) is 5.37. The summed E-state index contributed by atoms with van der Waals surface area (Å²) in [5, 5.41) is 0. The van der Waals surface area contributed by atoms with Crippen LogP contribution in [-0.4, -0.2) is 28.3 Å². The summed E-state index contributed by atoms with van der Waals surface area (Å²) < 4.78 is 6.21. The van der Waals surface area contributed by atoms with E-state index >= 15 is 0 Å².